The lowest BCUT2D eigenvalue weighted by Gasteiger charge is -2.58. The topological polar surface area (TPSA) is 168 Å². The van der Waals surface area contributed by atoms with Crippen LogP contribution in [0.3, 0.4) is 0 Å². The third-order valence-electron chi connectivity index (χ3n) is 12.9. The summed E-state index contributed by atoms with van der Waals surface area (Å²) in [7, 11) is 1.79. The molecule has 5 saturated heterocycles. The van der Waals surface area contributed by atoms with Crippen molar-refractivity contribution >= 4 is 45.7 Å². The number of likely N-dealkylation sites (N-methyl/N-ethyl adjacent to an activating group) is 1. The highest BCUT2D eigenvalue weighted by Crippen LogP contribution is 2.41. The summed E-state index contributed by atoms with van der Waals surface area (Å²) in [5, 5.41) is 19.7. The first-order valence-electron chi connectivity index (χ1n) is 20.8. The molecule has 19 heteroatoms. The minimum atomic E-state index is -0.690. The molecule has 6 aliphatic heterocycles. The molecular formula is C42H45F2N13O4. The number of imidazole rings is 1. The number of benzene rings is 2. The number of aromatic hydroxyl groups is 1. The van der Waals surface area contributed by atoms with Gasteiger partial charge in [-0.2, -0.15) is 15.1 Å². The second-order valence-electron chi connectivity index (χ2n) is 16.8. The van der Waals surface area contributed by atoms with Crippen LogP contribution in [0.4, 0.5) is 26.5 Å². The molecule has 12 rings (SSSR count). The molecule has 6 aromatic rings. The van der Waals surface area contributed by atoms with Crippen molar-refractivity contribution in [1.29, 1.82) is 0 Å². The van der Waals surface area contributed by atoms with E-state index in [0.717, 1.165) is 44.3 Å². The molecule has 0 aliphatic carbocycles. The molecule has 316 valence electrons. The highest BCUT2D eigenvalue weighted by Gasteiger charge is 2.49. The number of fused-ring (bicyclic) bond motifs is 8. The lowest BCUT2D eigenvalue weighted by Crippen LogP contribution is -2.72. The Bertz CT molecular complexity index is 2690. The van der Waals surface area contributed by atoms with E-state index < -0.39 is 23.8 Å². The molecular weight excluding hydrogens is 789 g/mol. The van der Waals surface area contributed by atoms with Crippen LogP contribution in [-0.2, 0) is 20.8 Å². The number of rotatable bonds is 6. The Hall–Kier alpha value is -6.05. The summed E-state index contributed by atoms with van der Waals surface area (Å²) in [4.78, 5) is 48.0. The van der Waals surface area contributed by atoms with Gasteiger partial charge in [0.05, 0.1) is 60.2 Å². The Morgan fingerprint density at radius 2 is 1.79 bits per heavy atom. The molecule has 2 unspecified atom stereocenters. The van der Waals surface area contributed by atoms with E-state index >= 15 is 4.39 Å². The highest BCUT2D eigenvalue weighted by molar-refractivity contribution is 5.94. The first kappa shape index (κ1) is 37.9. The average Bonchev–Trinajstić information content (AvgIpc) is 3.91. The Morgan fingerprint density at radius 3 is 2.56 bits per heavy atom. The molecule has 6 bridgehead atoms. The van der Waals surface area contributed by atoms with Gasteiger partial charge in [-0.25, -0.2) is 28.4 Å². The largest absolute Gasteiger partial charge is 0.506 e. The van der Waals surface area contributed by atoms with Crippen LogP contribution in [0.25, 0.3) is 39.0 Å². The zero-order valence-electron chi connectivity index (χ0n) is 33.9. The van der Waals surface area contributed by atoms with Crippen LogP contribution < -0.4 is 15.1 Å². The van der Waals surface area contributed by atoms with Gasteiger partial charge in [-0.1, -0.05) is 0 Å². The van der Waals surface area contributed by atoms with Gasteiger partial charge in [-0.05, 0) is 51.0 Å². The van der Waals surface area contributed by atoms with Gasteiger partial charge in [-0.3, -0.25) is 9.69 Å². The molecule has 10 heterocycles. The maximum absolute atomic E-state index is 15.2. The second kappa shape index (κ2) is 14.6. The number of halogens is 2. The predicted octanol–water partition coefficient (Wildman–Crippen LogP) is 3.51. The fraction of sp³-hybridized carbons (Fsp3) is 0.452. The van der Waals surface area contributed by atoms with E-state index in [2.05, 4.69) is 25.2 Å². The van der Waals surface area contributed by atoms with E-state index in [1.54, 1.807) is 30.4 Å². The normalized spacial score (nSPS) is 24.4. The Labute approximate surface area is 348 Å². The van der Waals surface area contributed by atoms with Crippen LogP contribution in [0.15, 0.2) is 48.8 Å². The number of aromatic nitrogens is 8. The molecule has 0 spiro atoms. The molecule has 6 aliphatic rings. The number of phenols is 1. The summed E-state index contributed by atoms with van der Waals surface area (Å²) in [6, 6.07) is 8.17. The summed E-state index contributed by atoms with van der Waals surface area (Å²) in [5.41, 5.74) is 2.98. The molecule has 61 heavy (non-hydrogen) atoms. The van der Waals surface area contributed by atoms with Crippen LogP contribution >= 0.6 is 0 Å². The maximum Gasteiger partial charge on any atom is 0.245 e. The fourth-order valence-electron chi connectivity index (χ4n) is 9.96. The average molecular weight is 834 g/mol. The second-order valence-corrected chi connectivity index (χ2v) is 16.8. The summed E-state index contributed by atoms with van der Waals surface area (Å²) in [6.07, 6.45) is 4.22. The minimum Gasteiger partial charge on any atom is -0.506 e. The lowest BCUT2D eigenvalue weighted by atomic mass is 9.86. The van der Waals surface area contributed by atoms with Crippen LogP contribution in [-0.4, -0.2) is 149 Å². The van der Waals surface area contributed by atoms with E-state index in [1.807, 2.05) is 23.3 Å². The van der Waals surface area contributed by atoms with Gasteiger partial charge < -0.3 is 39.2 Å². The zero-order chi connectivity index (χ0) is 41.7. The molecule has 17 nitrogen and oxygen atoms in total. The standard InChI is InChI=1S/C42H45F2N13O4/c1-4-61-29-18-52(3)40(59)35-12-25(48-41-45-8-7-32(49-41)30-9-24(44)10-33-37(30)54(19-29)22(2)47-33)15-55(35)38-31-14-46-57(34-6-5-23(43)11-36(34)58)39(31)51-42(50-38)56-26-13-27(56)17-53(16-26)28-20-60-21-28/h5-11,14,25-29,35,58H,4,12-13,15-21H2,1-3H3,(H,45,48,49)/t25-,26?,27?,29-,35-/m0/s1. The van der Waals surface area contributed by atoms with Gasteiger partial charge in [0.15, 0.2) is 5.65 Å². The summed E-state index contributed by atoms with van der Waals surface area (Å²) in [6.45, 7) is 8.34. The number of aryl methyl sites for hydroxylation is 1. The molecule has 5 fully saturated rings. The fourth-order valence-corrected chi connectivity index (χ4v) is 9.96. The van der Waals surface area contributed by atoms with Crippen LogP contribution in [0.2, 0.25) is 0 Å². The number of hydrogen-bond acceptors (Lipinski definition) is 14. The molecule has 4 aromatic heterocycles. The number of phenolic OH excluding ortho intramolecular Hbond substituents is 1. The van der Waals surface area contributed by atoms with E-state index in [0.29, 0.717) is 83.5 Å². The van der Waals surface area contributed by atoms with Gasteiger partial charge in [0.25, 0.3) is 0 Å². The summed E-state index contributed by atoms with van der Waals surface area (Å²) >= 11 is 0. The summed E-state index contributed by atoms with van der Waals surface area (Å²) < 4.78 is 44.8. The first-order valence-corrected chi connectivity index (χ1v) is 20.8. The molecule has 2 aromatic carbocycles. The van der Waals surface area contributed by atoms with Crippen LogP contribution in [0, 0.1) is 18.6 Å². The number of ether oxygens (including phenoxy) is 2. The van der Waals surface area contributed by atoms with Gasteiger partial charge in [-0.15, -0.1) is 0 Å². The zero-order valence-corrected chi connectivity index (χ0v) is 33.9. The van der Waals surface area contributed by atoms with Crippen molar-refractivity contribution in [3.63, 3.8) is 0 Å². The number of hydrogen-bond donors (Lipinski definition) is 2. The Morgan fingerprint density at radius 1 is 0.951 bits per heavy atom. The number of carbonyl (C=O) groups excluding carboxylic acids is 1. The Balaban J connectivity index is 1.02. The SMILES string of the molecule is CCO[C@H]1CN(C)C(=O)[C@@H]2C[C@@H](CN2c2nc(N3C4CC3CN(C3COC3)C4)nc3c2cnn3-c2ccc(F)cc2O)Nc2nccc(n2)-c2cc(F)cc3nc(C)n(c23)C1. The van der Waals surface area contributed by atoms with E-state index in [4.69, 9.17) is 29.4 Å². The Kier molecular flexibility index (Phi) is 9.05. The summed E-state index contributed by atoms with van der Waals surface area (Å²) in [5.74, 6) is 0.574. The van der Waals surface area contributed by atoms with Crippen LogP contribution in [0.5, 0.6) is 5.75 Å². The molecule has 0 radical (unpaired) electrons. The number of piperazine rings is 1. The van der Waals surface area contributed by atoms with Gasteiger partial charge in [0.2, 0.25) is 17.8 Å². The highest BCUT2D eigenvalue weighted by atomic mass is 19.1. The third kappa shape index (κ3) is 6.39. The van der Waals surface area contributed by atoms with Crippen molar-refractivity contribution in [2.75, 3.05) is 68.2 Å². The monoisotopic (exact) mass is 833 g/mol. The molecule has 1 amide bonds. The van der Waals surface area contributed by atoms with E-state index in [1.165, 1.54) is 28.9 Å². The number of anilines is 3. The van der Waals surface area contributed by atoms with Gasteiger partial charge >= 0.3 is 0 Å². The van der Waals surface area contributed by atoms with Crippen molar-refractivity contribution < 1.29 is 28.2 Å². The number of nitrogens with zero attached hydrogens (tertiary/aromatic N) is 12. The van der Waals surface area contributed by atoms with Crippen molar-refractivity contribution in [1.82, 2.24) is 49.1 Å². The van der Waals surface area contributed by atoms with Crippen molar-refractivity contribution in [3.05, 3.63) is 66.3 Å². The molecule has 0 saturated carbocycles. The third-order valence-corrected chi connectivity index (χ3v) is 12.9. The maximum atomic E-state index is 15.2. The van der Waals surface area contributed by atoms with E-state index in [9.17, 15) is 14.3 Å². The van der Waals surface area contributed by atoms with Gasteiger partial charge in [0, 0.05) is 81.9 Å². The number of amides is 1. The van der Waals surface area contributed by atoms with E-state index in [-0.39, 0.29) is 42.0 Å². The van der Waals surface area contributed by atoms with Crippen molar-refractivity contribution in [2.24, 2.45) is 0 Å². The van der Waals surface area contributed by atoms with Crippen molar-refractivity contribution in [3.8, 4) is 22.7 Å². The molecule has 5 atom stereocenters. The number of piperidine rings is 1. The number of nitrogens with one attached hydrogen (secondary N) is 1. The lowest BCUT2D eigenvalue weighted by molar-refractivity contribution is -0.133. The van der Waals surface area contributed by atoms with Gasteiger partial charge in [0.1, 0.15) is 40.8 Å². The smallest absolute Gasteiger partial charge is 0.245 e. The minimum absolute atomic E-state index is 0.135. The molecule has 2 N–H and O–H groups in total. The first-order chi connectivity index (χ1) is 29.6. The number of carbonyl (C=O) groups is 1. The van der Waals surface area contributed by atoms with Crippen LogP contribution in [0.1, 0.15) is 25.6 Å². The van der Waals surface area contributed by atoms with Crippen molar-refractivity contribution in [2.45, 2.75) is 69.5 Å². The quantitative estimate of drug-likeness (QED) is 0.250. The predicted molar refractivity (Wildman–Crippen MR) is 221 cm³/mol.